The minimum absolute atomic E-state index is 0.122. The number of hydrogen-bond acceptors (Lipinski definition) is 5. The van der Waals surface area contributed by atoms with Gasteiger partial charge in [-0.05, 0) is 24.5 Å². The lowest BCUT2D eigenvalue weighted by molar-refractivity contribution is 0.585. The molecular weight excluding hydrogens is 262 g/mol. The van der Waals surface area contributed by atoms with Gasteiger partial charge in [-0.2, -0.15) is 0 Å². The lowest BCUT2D eigenvalue weighted by Gasteiger charge is -2.29. The first-order valence-electron chi connectivity index (χ1n) is 6.66. The zero-order chi connectivity index (χ0) is 13.9. The van der Waals surface area contributed by atoms with Crippen LogP contribution in [-0.2, 0) is 16.3 Å². The van der Waals surface area contributed by atoms with Crippen molar-refractivity contribution in [2.45, 2.75) is 25.8 Å². The third-order valence-corrected chi connectivity index (χ3v) is 5.13. The van der Waals surface area contributed by atoms with Crippen molar-refractivity contribution < 1.29 is 8.42 Å². The molecule has 6 heteroatoms. The van der Waals surface area contributed by atoms with Crippen LogP contribution < -0.4 is 10.6 Å². The maximum absolute atomic E-state index is 11.5. The number of hydrogen-bond donors (Lipinski definition) is 1. The van der Waals surface area contributed by atoms with Crippen molar-refractivity contribution in [3.05, 3.63) is 23.9 Å². The third-order valence-electron chi connectivity index (χ3n) is 3.52. The van der Waals surface area contributed by atoms with Crippen molar-refractivity contribution in [1.82, 2.24) is 4.98 Å². The second-order valence-electron chi connectivity index (χ2n) is 5.00. The fourth-order valence-corrected chi connectivity index (χ4v) is 3.43. The summed E-state index contributed by atoms with van der Waals surface area (Å²) in [6.07, 6.45) is 3.45. The van der Waals surface area contributed by atoms with Crippen molar-refractivity contribution in [3.63, 3.8) is 0 Å². The predicted octanol–water partition coefficient (Wildman–Crippen LogP) is 0.596. The van der Waals surface area contributed by atoms with Gasteiger partial charge < -0.3 is 10.6 Å². The van der Waals surface area contributed by atoms with Crippen LogP contribution in [0.15, 0.2) is 18.3 Å². The van der Waals surface area contributed by atoms with Gasteiger partial charge in [0.1, 0.15) is 5.82 Å². The van der Waals surface area contributed by atoms with Crippen LogP contribution in [-0.4, -0.2) is 44.0 Å². The Morgan fingerprint density at radius 3 is 2.74 bits per heavy atom. The van der Waals surface area contributed by atoms with Crippen LogP contribution in [0.5, 0.6) is 0 Å². The maximum Gasteiger partial charge on any atom is 0.153 e. The monoisotopic (exact) mass is 283 g/mol. The molecule has 19 heavy (non-hydrogen) atoms. The minimum Gasteiger partial charge on any atom is -0.354 e. The smallest absolute Gasteiger partial charge is 0.153 e. The molecule has 0 aromatic carbocycles. The van der Waals surface area contributed by atoms with Crippen LogP contribution >= 0.6 is 0 Å². The summed E-state index contributed by atoms with van der Waals surface area (Å²) in [7, 11) is -2.86. The Morgan fingerprint density at radius 2 is 2.11 bits per heavy atom. The largest absolute Gasteiger partial charge is 0.354 e. The highest BCUT2D eigenvalue weighted by Crippen LogP contribution is 2.21. The Balaban J connectivity index is 2.16. The molecule has 0 spiro atoms. The SMILES string of the molecule is CCC(N)Cc1cccnc1N1CCS(=O)(=O)CC1. The second-order valence-corrected chi connectivity index (χ2v) is 7.30. The van der Waals surface area contributed by atoms with Crippen molar-refractivity contribution in [3.8, 4) is 0 Å². The second kappa shape index (κ2) is 5.88. The van der Waals surface area contributed by atoms with E-state index in [1.54, 1.807) is 6.20 Å². The van der Waals surface area contributed by atoms with Crippen molar-refractivity contribution in [1.29, 1.82) is 0 Å². The third kappa shape index (κ3) is 3.67. The summed E-state index contributed by atoms with van der Waals surface area (Å²) < 4.78 is 22.9. The molecule has 1 aromatic rings. The van der Waals surface area contributed by atoms with E-state index in [0.717, 1.165) is 24.2 Å². The Labute approximate surface area is 114 Å². The number of rotatable bonds is 4. The van der Waals surface area contributed by atoms with E-state index in [9.17, 15) is 8.42 Å². The first kappa shape index (κ1) is 14.3. The van der Waals surface area contributed by atoms with Crippen molar-refractivity contribution in [2.75, 3.05) is 29.5 Å². The van der Waals surface area contributed by atoms with E-state index in [2.05, 4.69) is 16.8 Å². The lowest BCUT2D eigenvalue weighted by Crippen LogP contribution is -2.41. The summed E-state index contributed by atoms with van der Waals surface area (Å²) in [5.74, 6) is 1.31. The molecule has 1 unspecified atom stereocenters. The van der Waals surface area contributed by atoms with Crippen LogP contribution in [0.3, 0.4) is 0 Å². The van der Waals surface area contributed by atoms with Gasteiger partial charge in [0.2, 0.25) is 0 Å². The Morgan fingerprint density at radius 1 is 1.42 bits per heavy atom. The Bertz CT molecular complexity index is 516. The Hall–Kier alpha value is -1.14. The van der Waals surface area contributed by atoms with Gasteiger partial charge in [0.05, 0.1) is 11.5 Å². The number of aromatic nitrogens is 1. The number of nitrogens with zero attached hydrogens (tertiary/aromatic N) is 2. The average molecular weight is 283 g/mol. The molecular formula is C13H21N3O2S. The van der Waals surface area contributed by atoms with E-state index in [1.165, 1.54) is 0 Å². The van der Waals surface area contributed by atoms with Gasteiger partial charge >= 0.3 is 0 Å². The van der Waals surface area contributed by atoms with Gasteiger partial charge in [0.15, 0.2) is 9.84 Å². The number of pyridine rings is 1. The average Bonchev–Trinajstić information content (AvgIpc) is 2.39. The molecule has 1 atom stereocenters. The molecule has 0 aliphatic carbocycles. The molecule has 0 radical (unpaired) electrons. The molecule has 2 N–H and O–H groups in total. The molecule has 1 saturated heterocycles. The first-order chi connectivity index (χ1) is 9.02. The molecule has 0 saturated carbocycles. The van der Waals surface area contributed by atoms with Gasteiger partial charge in [-0.25, -0.2) is 13.4 Å². The summed E-state index contributed by atoms with van der Waals surface area (Å²) in [6.45, 7) is 3.11. The van der Waals surface area contributed by atoms with Crippen LogP contribution in [0.4, 0.5) is 5.82 Å². The number of nitrogens with two attached hydrogens (primary N) is 1. The van der Waals surface area contributed by atoms with Gasteiger partial charge in [-0.3, -0.25) is 0 Å². The summed E-state index contributed by atoms with van der Waals surface area (Å²) in [5, 5.41) is 0. The lowest BCUT2D eigenvalue weighted by atomic mass is 10.1. The number of sulfone groups is 1. The fraction of sp³-hybridized carbons (Fsp3) is 0.615. The van der Waals surface area contributed by atoms with Crippen molar-refractivity contribution in [2.24, 2.45) is 5.73 Å². The summed E-state index contributed by atoms with van der Waals surface area (Å²) in [6, 6.07) is 4.06. The predicted molar refractivity (Wildman–Crippen MR) is 77.1 cm³/mol. The van der Waals surface area contributed by atoms with Crippen LogP contribution in [0.25, 0.3) is 0 Å². The summed E-state index contributed by atoms with van der Waals surface area (Å²) >= 11 is 0. The van der Waals surface area contributed by atoms with Gasteiger partial charge in [-0.15, -0.1) is 0 Å². The van der Waals surface area contributed by atoms with Gasteiger partial charge in [0, 0.05) is 25.3 Å². The standard InChI is InChI=1S/C13H21N3O2S/c1-2-12(14)10-11-4-3-5-15-13(11)16-6-8-19(17,18)9-7-16/h3-5,12H,2,6-10,14H2,1H3. The highest BCUT2D eigenvalue weighted by atomic mass is 32.2. The molecule has 1 fully saturated rings. The van der Waals surface area contributed by atoms with Crippen molar-refractivity contribution >= 4 is 15.7 Å². The van der Waals surface area contributed by atoms with Crippen LogP contribution in [0.2, 0.25) is 0 Å². The molecule has 1 aromatic heterocycles. The maximum atomic E-state index is 11.5. The zero-order valence-electron chi connectivity index (χ0n) is 11.2. The quantitative estimate of drug-likeness (QED) is 0.875. The molecule has 2 rings (SSSR count). The number of anilines is 1. The topological polar surface area (TPSA) is 76.3 Å². The van der Waals surface area contributed by atoms with E-state index in [-0.39, 0.29) is 17.5 Å². The summed E-state index contributed by atoms with van der Waals surface area (Å²) in [4.78, 5) is 6.47. The molecule has 1 aliphatic heterocycles. The molecule has 0 bridgehead atoms. The van der Waals surface area contributed by atoms with Gasteiger partial charge in [-0.1, -0.05) is 13.0 Å². The molecule has 1 aliphatic rings. The normalized spacial score (nSPS) is 20.2. The zero-order valence-corrected chi connectivity index (χ0v) is 12.1. The molecule has 0 amide bonds. The van der Waals surface area contributed by atoms with Gasteiger partial charge in [0.25, 0.3) is 0 Å². The van der Waals surface area contributed by atoms with E-state index in [0.29, 0.717) is 13.1 Å². The first-order valence-corrected chi connectivity index (χ1v) is 8.49. The van der Waals surface area contributed by atoms with Crippen LogP contribution in [0, 0.1) is 0 Å². The van der Waals surface area contributed by atoms with E-state index in [4.69, 9.17) is 5.73 Å². The highest BCUT2D eigenvalue weighted by Gasteiger charge is 2.24. The van der Waals surface area contributed by atoms with Crippen LogP contribution in [0.1, 0.15) is 18.9 Å². The molecule has 2 heterocycles. The molecule has 106 valence electrons. The fourth-order valence-electron chi connectivity index (χ4n) is 2.23. The highest BCUT2D eigenvalue weighted by molar-refractivity contribution is 7.91. The minimum atomic E-state index is -2.86. The van der Waals surface area contributed by atoms with E-state index in [1.807, 2.05) is 12.1 Å². The summed E-state index contributed by atoms with van der Waals surface area (Å²) in [5.41, 5.74) is 7.11. The molecule has 5 nitrogen and oxygen atoms in total. The Kier molecular flexibility index (Phi) is 4.42. The van der Waals surface area contributed by atoms with E-state index < -0.39 is 9.84 Å². The van der Waals surface area contributed by atoms with E-state index >= 15 is 0 Å².